The number of methoxy groups -OCH3 is 2. The Morgan fingerprint density at radius 3 is 1.35 bits per heavy atom. The number of rotatable bonds is 6. The first-order valence-corrected chi connectivity index (χ1v) is 20.4. The molecule has 12 heteroatoms. The summed E-state index contributed by atoms with van der Waals surface area (Å²) in [5, 5.41) is 20.8. The molecule has 2 aliphatic carbocycles. The monoisotopic (exact) mass is 890 g/mol. The normalized spacial score (nSPS) is 26.3. The van der Waals surface area contributed by atoms with Crippen molar-refractivity contribution in [3.05, 3.63) is 102 Å². The van der Waals surface area contributed by atoms with Crippen molar-refractivity contribution in [3.8, 4) is 23.6 Å². The highest BCUT2D eigenvalue weighted by Crippen LogP contribution is 2.60. The van der Waals surface area contributed by atoms with Gasteiger partial charge >= 0.3 is 0 Å². The number of halogens is 4. The molecule has 4 heterocycles. The number of anilines is 2. The molecule has 2 saturated carbocycles. The predicted molar refractivity (Wildman–Crippen MR) is 220 cm³/mol. The SMILES string of the molecule is COc1ccc(CN2C[C@@]3(CC[C@@](C)(C#N)C3)c3c2ncc(Br)c3Cl)cc1.COc1ccc(CN2C[C@@]3(CC[C@](C)(C#N)C3)c3c2ncc(Br)c3Cl)cc1. The third kappa shape index (κ3) is 7.05. The van der Waals surface area contributed by atoms with E-state index in [1.807, 2.05) is 24.3 Å². The van der Waals surface area contributed by atoms with E-state index in [2.05, 4.69) is 91.9 Å². The van der Waals surface area contributed by atoms with Crippen LogP contribution in [0.25, 0.3) is 0 Å². The van der Waals surface area contributed by atoms with Crippen LogP contribution in [0.1, 0.15) is 74.6 Å². The fraction of sp³-hybridized carbons (Fsp3) is 0.429. The van der Waals surface area contributed by atoms with Gasteiger partial charge in [-0.25, -0.2) is 9.97 Å². The molecule has 8 nitrogen and oxygen atoms in total. The fourth-order valence-electron chi connectivity index (χ4n) is 9.30. The lowest BCUT2D eigenvalue weighted by Gasteiger charge is -2.27. The first-order chi connectivity index (χ1) is 25.8. The molecule has 0 unspecified atom stereocenters. The van der Waals surface area contributed by atoms with Crippen molar-refractivity contribution in [2.45, 2.75) is 76.3 Å². The zero-order valence-electron chi connectivity index (χ0n) is 30.9. The molecule has 2 aromatic carbocycles. The Hall–Kier alpha value is -3.54. The van der Waals surface area contributed by atoms with E-state index in [1.165, 1.54) is 11.1 Å². The smallest absolute Gasteiger partial charge is 0.134 e. The number of fused-ring (bicyclic) bond motifs is 4. The number of hydrogen-bond acceptors (Lipinski definition) is 8. The minimum atomic E-state index is -0.307. The summed E-state index contributed by atoms with van der Waals surface area (Å²) in [6.07, 6.45) is 8.90. The van der Waals surface area contributed by atoms with E-state index in [1.54, 1.807) is 26.6 Å². The molecule has 280 valence electrons. The first kappa shape index (κ1) is 38.7. The summed E-state index contributed by atoms with van der Waals surface area (Å²) < 4.78 is 12.2. The van der Waals surface area contributed by atoms with E-state index >= 15 is 0 Å². The molecule has 2 fully saturated rings. The Morgan fingerprint density at radius 2 is 1.04 bits per heavy atom. The average molecular weight is 894 g/mol. The number of nitriles is 2. The molecule has 0 N–H and O–H groups in total. The van der Waals surface area contributed by atoms with Gasteiger partial charge in [-0.3, -0.25) is 0 Å². The van der Waals surface area contributed by atoms with Crippen LogP contribution < -0.4 is 19.3 Å². The van der Waals surface area contributed by atoms with Gasteiger partial charge in [-0.05, 0) is 120 Å². The highest BCUT2D eigenvalue weighted by Gasteiger charge is 2.55. The van der Waals surface area contributed by atoms with Crippen LogP contribution in [-0.2, 0) is 23.9 Å². The maximum absolute atomic E-state index is 9.66. The molecule has 2 aromatic heterocycles. The second-order valence-corrected chi connectivity index (χ2v) is 18.4. The Morgan fingerprint density at radius 1 is 0.667 bits per heavy atom. The summed E-state index contributed by atoms with van der Waals surface area (Å²) in [5.74, 6) is 3.59. The molecule has 4 atom stereocenters. The molecule has 4 aromatic rings. The van der Waals surface area contributed by atoms with Crippen molar-refractivity contribution in [3.63, 3.8) is 0 Å². The van der Waals surface area contributed by atoms with Crippen LogP contribution in [0.15, 0.2) is 69.9 Å². The van der Waals surface area contributed by atoms with Crippen LogP contribution in [0.3, 0.4) is 0 Å². The van der Waals surface area contributed by atoms with Crippen LogP contribution in [0.5, 0.6) is 11.5 Å². The van der Waals surface area contributed by atoms with E-state index in [4.69, 9.17) is 42.6 Å². The zero-order chi connectivity index (χ0) is 38.5. The summed E-state index contributed by atoms with van der Waals surface area (Å²) in [7, 11) is 3.34. The minimum absolute atomic E-state index is 0.111. The van der Waals surface area contributed by atoms with Crippen LogP contribution in [0.4, 0.5) is 11.6 Å². The highest BCUT2D eigenvalue weighted by molar-refractivity contribution is 9.10. The third-order valence-corrected chi connectivity index (χ3v) is 14.4. The molecule has 0 bridgehead atoms. The molecular formula is C42H42Br2Cl2N6O2. The van der Waals surface area contributed by atoms with E-state index < -0.39 is 0 Å². The van der Waals surface area contributed by atoms with Crippen molar-refractivity contribution in [1.82, 2.24) is 9.97 Å². The van der Waals surface area contributed by atoms with Crippen molar-refractivity contribution in [2.24, 2.45) is 10.8 Å². The van der Waals surface area contributed by atoms with Gasteiger partial charge in [-0.2, -0.15) is 10.5 Å². The standard InChI is InChI=1S/2C21H21BrClN3O/c2*1-20(12-24)7-8-21(11-20)13-26(10-14-3-5-15(27-2)6-4-14)19-17(21)18(23)16(22)9-25-19/h2*3-6,9H,7-8,10-11,13H2,1-2H3/t20-,21+;20-,21-/m10/s1. The lowest BCUT2D eigenvalue weighted by Crippen LogP contribution is -2.32. The summed E-state index contributed by atoms with van der Waals surface area (Å²) in [6, 6.07) is 21.3. The Bertz CT molecular complexity index is 2010. The summed E-state index contributed by atoms with van der Waals surface area (Å²) in [5.41, 5.74) is 3.76. The Balaban J connectivity index is 0.000000167. The molecule has 54 heavy (non-hydrogen) atoms. The van der Waals surface area contributed by atoms with E-state index in [9.17, 15) is 10.5 Å². The molecule has 0 radical (unpaired) electrons. The van der Waals surface area contributed by atoms with Gasteiger partial charge in [0.1, 0.15) is 23.1 Å². The molecule has 2 spiro atoms. The Labute approximate surface area is 344 Å². The zero-order valence-corrected chi connectivity index (χ0v) is 35.5. The number of aromatic nitrogens is 2. The largest absolute Gasteiger partial charge is 0.497 e. The fourth-order valence-corrected chi connectivity index (χ4v) is 10.6. The maximum atomic E-state index is 9.66. The highest BCUT2D eigenvalue weighted by atomic mass is 79.9. The van der Waals surface area contributed by atoms with Crippen molar-refractivity contribution in [1.29, 1.82) is 10.5 Å². The van der Waals surface area contributed by atoms with Gasteiger partial charge < -0.3 is 19.3 Å². The van der Waals surface area contributed by atoms with Crippen molar-refractivity contribution < 1.29 is 9.47 Å². The van der Waals surface area contributed by atoms with Gasteiger partial charge in [0.2, 0.25) is 0 Å². The molecular weight excluding hydrogens is 851 g/mol. The number of benzene rings is 2. The summed E-state index contributed by atoms with van der Waals surface area (Å²) >= 11 is 20.6. The average Bonchev–Trinajstić information content (AvgIpc) is 3.89. The molecule has 0 amide bonds. The van der Waals surface area contributed by atoms with Gasteiger partial charge in [0.25, 0.3) is 0 Å². The molecule has 0 saturated heterocycles. The van der Waals surface area contributed by atoms with Crippen LogP contribution in [0.2, 0.25) is 10.0 Å². The van der Waals surface area contributed by atoms with Gasteiger partial charge in [0.05, 0.1) is 56.2 Å². The second kappa shape index (κ2) is 14.8. The molecule has 8 rings (SSSR count). The van der Waals surface area contributed by atoms with E-state index in [0.29, 0.717) is 0 Å². The number of nitrogens with zero attached hydrogens (tertiary/aromatic N) is 6. The van der Waals surface area contributed by atoms with Crippen LogP contribution >= 0.6 is 55.1 Å². The van der Waals surface area contributed by atoms with E-state index in [-0.39, 0.29) is 21.7 Å². The topological polar surface area (TPSA) is 98.3 Å². The quantitative estimate of drug-likeness (QED) is 0.189. The van der Waals surface area contributed by atoms with E-state index in [0.717, 1.165) is 118 Å². The number of ether oxygens (including phenoxy) is 2. The van der Waals surface area contributed by atoms with Gasteiger partial charge in [0, 0.05) is 60.5 Å². The second-order valence-electron chi connectivity index (χ2n) is 15.9. The number of hydrogen-bond donors (Lipinski definition) is 0. The van der Waals surface area contributed by atoms with Gasteiger partial charge in [-0.1, -0.05) is 47.5 Å². The van der Waals surface area contributed by atoms with Crippen LogP contribution in [-0.4, -0.2) is 37.3 Å². The lowest BCUT2D eigenvalue weighted by molar-refractivity contribution is 0.395. The minimum Gasteiger partial charge on any atom is -0.497 e. The predicted octanol–water partition coefficient (Wildman–Crippen LogP) is 11.0. The van der Waals surface area contributed by atoms with Crippen molar-refractivity contribution in [2.75, 3.05) is 37.1 Å². The van der Waals surface area contributed by atoms with Gasteiger partial charge in [-0.15, -0.1) is 0 Å². The van der Waals surface area contributed by atoms with Gasteiger partial charge in [0.15, 0.2) is 0 Å². The lowest BCUT2D eigenvalue weighted by atomic mass is 9.78. The number of pyridine rings is 2. The third-order valence-electron chi connectivity index (χ3n) is 11.9. The van der Waals surface area contributed by atoms with Crippen molar-refractivity contribution >= 4 is 66.7 Å². The Kier molecular flexibility index (Phi) is 10.6. The summed E-state index contributed by atoms with van der Waals surface area (Å²) in [4.78, 5) is 14.0. The maximum Gasteiger partial charge on any atom is 0.134 e. The molecule has 2 aliphatic heterocycles. The first-order valence-electron chi connectivity index (χ1n) is 18.1. The van der Waals surface area contributed by atoms with Crippen LogP contribution in [0, 0.1) is 33.5 Å². The molecule has 4 aliphatic rings. The summed E-state index contributed by atoms with van der Waals surface area (Å²) in [6.45, 7) is 7.32.